The van der Waals surface area contributed by atoms with Gasteiger partial charge < -0.3 is 9.73 Å². The van der Waals surface area contributed by atoms with Gasteiger partial charge in [-0.2, -0.15) is 0 Å². The highest BCUT2D eigenvalue weighted by Gasteiger charge is 2.07. The molecule has 0 unspecified atom stereocenters. The molecular formula is C16H14BrN3O. The minimum Gasteiger partial charge on any atom is -0.421 e. The maximum Gasteiger partial charge on any atom is 0.247 e. The van der Waals surface area contributed by atoms with Gasteiger partial charge in [-0.25, -0.2) is 0 Å². The van der Waals surface area contributed by atoms with Gasteiger partial charge in [-0.3, -0.25) is 0 Å². The van der Waals surface area contributed by atoms with Crippen LogP contribution in [0.1, 0.15) is 5.89 Å². The Labute approximate surface area is 131 Å². The van der Waals surface area contributed by atoms with Gasteiger partial charge in [0.25, 0.3) is 0 Å². The van der Waals surface area contributed by atoms with E-state index in [1.54, 1.807) is 0 Å². The molecule has 0 aliphatic carbocycles. The van der Waals surface area contributed by atoms with Crippen LogP contribution < -0.4 is 5.32 Å². The number of nitrogens with zero attached hydrogens (tertiary/aromatic N) is 2. The molecule has 0 amide bonds. The third-order valence-corrected chi connectivity index (χ3v) is 3.71. The molecule has 106 valence electrons. The maximum atomic E-state index is 5.66. The molecule has 5 heteroatoms. The summed E-state index contributed by atoms with van der Waals surface area (Å²) in [5.41, 5.74) is 2.00. The highest BCUT2D eigenvalue weighted by Crippen LogP contribution is 2.21. The first kappa shape index (κ1) is 13.8. The summed E-state index contributed by atoms with van der Waals surface area (Å²) in [6.45, 7) is 0.735. The van der Waals surface area contributed by atoms with Gasteiger partial charge in [-0.15, -0.1) is 10.2 Å². The molecule has 4 nitrogen and oxygen atoms in total. The topological polar surface area (TPSA) is 51.0 Å². The van der Waals surface area contributed by atoms with E-state index in [1.165, 1.54) is 0 Å². The predicted molar refractivity (Wildman–Crippen MR) is 86.1 cm³/mol. The molecule has 0 aliphatic rings. The Morgan fingerprint density at radius 2 is 1.71 bits per heavy atom. The van der Waals surface area contributed by atoms with Crippen molar-refractivity contribution >= 4 is 21.6 Å². The number of hydrogen-bond donors (Lipinski definition) is 1. The molecule has 21 heavy (non-hydrogen) atoms. The lowest BCUT2D eigenvalue weighted by molar-refractivity contribution is 0.509. The molecule has 0 radical (unpaired) electrons. The highest BCUT2D eigenvalue weighted by molar-refractivity contribution is 9.10. The standard InChI is InChI=1S/C16H14BrN3O/c17-13-8-4-5-9-14(13)18-11-10-15-19-20-16(21-15)12-6-2-1-3-7-12/h1-9,18H,10-11H2. The van der Waals surface area contributed by atoms with Crippen molar-refractivity contribution in [3.63, 3.8) is 0 Å². The van der Waals surface area contributed by atoms with E-state index in [4.69, 9.17) is 4.42 Å². The van der Waals surface area contributed by atoms with Gasteiger partial charge in [0, 0.05) is 28.7 Å². The summed E-state index contributed by atoms with van der Waals surface area (Å²) in [6, 6.07) is 17.8. The molecule has 1 aromatic heterocycles. The highest BCUT2D eigenvalue weighted by atomic mass is 79.9. The zero-order valence-corrected chi connectivity index (χ0v) is 12.9. The fourth-order valence-electron chi connectivity index (χ4n) is 1.96. The molecule has 0 fully saturated rings. The second-order valence-corrected chi connectivity index (χ2v) is 5.38. The van der Waals surface area contributed by atoms with E-state index in [0.29, 0.717) is 18.2 Å². The van der Waals surface area contributed by atoms with Gasteiger partial charge in [0.2, 0.25) is 11.8 Å². The molecule has 0 atom stereocenters. The number of anilines is 1. The number of aromatic nitrogens is 2. The summed E-state index contributed by atoms with van der Waals surface area (Å²) in [6.07, 6.45) is 0.682. The minimum atomic E-state index is 0.562. The van der Waals surface area contributed by atoms with E-state index < -0.39 is 0 Å². The Kier molecular flexibility index (Phi) is 4.31. The molecule has 3 rings (SSSR count). The molecule has 1 heterocycles. The summed E-state index contributed by atoms with van der Waals surface area (Å²) in [4.78, 5) is 0. The van der Waals surface area contributed by atoms with E-state index in [2.05, 4.69) is 31.4 Å². The Morgan fingerprint density at radius 1 is 0.952 bits per heavy atom. The van der Waals surface area contributed by atoms with Crippen molar-refractivity contribution in [2.24, 2.45) is 0 Å². The van der Waals surface area contributed by atoms with Crippen molar-refractivity contribution in [1.82, 2.24) is 10.2 Å². The summed E-state index contributed by atoms with van der Waals surface area (Å²) in [7, 11) is 0. The van der Waals surface area contributed by atoms with Gasteiger partial charge in [-0.1, -0.05) is 30.3 Å². The van der Waals surface area contributed by atoms with Crippen molar-refractivity contribution in [2.75, 3.05) is 11.9 Å². The second-order valence-electron chi connectivity index (χ2n) is 4.52. The monoisotopic (exact) mass is 343 g/mol. The summed E-state index contributed by atoms with van der Waals surface area (Å²) < 4.78 is 6.71. The lowest BCUT2D eigenvalue weighted by atomic mass is 10.2. The van der Waals surface area contributed by atoms with Crippen LogP contribution in [0.25, 0.3) is 11.5 Å². The van der Waals surface area contributed by atoms with Crippen LogP contribution in [-0.2, 0) is 6.42 Å². The van der Waals surface area contributed by atoms with Gasteiger partial charge in [0.1, 0.15) is 0 Å². The average molecular weight is 344 g/mol. The Balaban J connectivity index is 1.60. The van der Waals surface area contributed by atoms with Crippen LogP contribution in [0.2, 0.25) is 0 Å². The minimum absolute atomic E-state index is 0.562. The Hall–Kier alpha value is -2.14. The number of nitrogens with one attached hydrogen (secondary N) is 1. The molecule has 0 saturated carbocycles. The predicted octanol–water partition coefficient (Wildman–Crippen LogP) is 4.15. The number of para-hydroxylation sites is 1. The molecule has 2 aromatic carbocycles. The van der Waals surface area contributed by atoms with Gasteiger partial charge >= 0.3 is 0 Å². The smallest absolute Gasteiger partial charge is 0.247 e. The summed E-state index contributed by atoms with van der Waals surface area (Å²) in [5.74, 6) is 1.19. The van der Waals surface area contributed by atoms with Crippen molar-refractivity contribution in [1.29, 1.82) is 0 Å². The van der Waals surface area contributed by atoms with Crippen LogP contribution in [0.3, 0.4) is 0 Å². The van der Waals surface area contributed by atoms with Crippen LogP contribution >= 0.6 is 15.9 Å². The van der Waals surface area contributed by atoms with Gasteiger partial charge in [0.15, 0.2) is 0 Å². The average Bonchev–Trinajstić information content (AvgIpc) is 2.99. The number of rotatable bonds is 5. The summed E-state index contributed by atoms with van der Waals surface area (Å²) >= 11 is 3.50. The third-order valence-electron chi connectivity index (χ3n) is 3.02. The SMILES string of the molecule is Brc1ccccc1NCCc1nnc(-c2ccccc2)o1. The number of halogens is 1. The van der Waals surface area contributed by atoms with Crippen LogP contribution in [-0.4, -0.2) is 16.7 Å². The largest absolute Gasteiger partial charge is 0.421 e. The molecule has 0 saturated heterocycles. The van der Waals surface area contributed by atoms with Gasteiger partial charge in [0.05, 0.1) is 0 Å². The van der Waals surface area contributed by atoms with Crippen LogP contribution in [0, 0.1) is 0 Å². The maximum absolute atomic E-state index is 5.66. The third kappa shape index (κ3) is 3.49. The zero-order chi connectivity index (χ0) is 14.5. The molecule has 0 bridgehead atoms. The number of benzene rings is 2. The molecule has 0 spiro atoms. The van der Waals surface area contributed by atoms with Crippen molar-refractivity contribution < 1.29 is 4.42 Å². The lowest BCUT2D eigenvalue weighted by Gasteiger charge is -2.06. The quantitative estimate of drug-likeness (QED) is 0.755. The normalized spacial score (nSPS) is 10.5. The second kappa shape index (κ2) is 6.54. The summed E-state index contributed by atoms with van der Waals surface area (Å²) in [5, 5.41) is 11.5. The van der Waals surface area contributed by atoms with Crippen molar-refractivity contribution in [3.05, 3.63) is 65.0 Å². The fourth-order valence-corrected chi connectivity index (χ4v) is 2.39. The lowest BCUT2D eigenvalue weighted by Crippen LogP contribution is -2.05. The van der Waals surface area contributed by atoms with Crippen LogP contribution in [0.5, 0.6) is 0 Å². The van der Waals surface area contributed by atoms with Crippen molar-refractivity contribution in [3.8, 4) is 11.5 Å². The van der Waals surface area contributed by atoms with Crippen LogP contribution in [0.4, 0.5) is 5.69 Å². The number of hydrogen-bond acceptors (Lipinski definition) is 4. The van der Waals surface area contributed by atoms with Crippen LogP contribution in [0.15, 0.2) is 63.5 Å². The van der Waals surface area contributed by atoms with E-state index in [0.717, 1.165) is 22.3 Å². The Morgan fingerprint density at radius 3 is 2.52 bits per heavy atom. The zero-order valence-electron chi connectivity index (χ0n) is 11.3. The van der Waals surface area contributed by atoms with Crippen molar-refractivity contribution in [2.45, 2.75) is 6.42 Å². The Bertz CT molecular complexity index is 712. The van der Waals surface area contributed by atoms with E-state index in [1.807, 2.05) is 54.6 Å². The molecular weight excluding hydrogens is 330 g/mol. The first-order valence-electron chi connectivity index (χ1n) is 6.69. The first-order chi connectivity index (χ1) is 10.3. The van der Waals surface area contributed by atoms with Gasteiger partial charge in [-0.05, 0) is 40.2 Å². The molecule has 0 aliphatic heterocycles. The first-order valence-corrected chi connectivity index (χ1v) is 7.48. The molecule has 3 aromatic rings. The fraction of sp³-hybridized carbons (Fsp3) is 0.125. The molecule has 1 N–H and O–H groups in total. The van der Waals surface area contributed by atoms with E-state index >= 15 is 0 Å². The van der Waals surface area contributed by atoms with E-state index in [-0.39, 0.29) is 0 Å². The van der Waals surface area contributed by atoms with E-state index in [9.17, 15) is 0 Å².